The fourth-order valence-corrected chi connectivity index (χ4v) is 2.86. The van der Waals surface area contributed by atoms with E-state index in [0.717, 1.165) is 19.2 Å². The van der Waals surface area contributed by atoms with Crippen LogP contribution in [0.4, 0.5) is 10.2 Å². The number of imide groups is 1. The molecule has 0 aliphatic carbocycles. The van der Waals surface area contributed by atoms with Crippen molar-refractivity contribution in [2.24, 2.45) is 5.73 Å². The van der Waals surface area contributed by atoms with E-state index < -0.39 is 51.9 Å². The first-order valence-corrected chi connectivity index (χ1v) is 7.38. The number of fused-ring (bicyclic) bond motifs is 1. The highest BCUT2D eigenvalue weighted by molar-refractivity contribution is 6.23. The van der Waals surface area contributed by atoms with Crippen molar-refractivity contribution < 1.29 is 28.2 Å². The zero-order valence-corrected chi connectivity index (χ0v) is 14.1. The van der Waals surface area contributed by atoms with Gasteiger partial charge in [-0.05, 0) is 6.07 Å². The van der Waals surface area contributed by atoms with Crippen LogP contribution in [0.1, 0.15) is 31.1 Å². The summed E-state index contributed by atoms with van der Waals surface area (Å²) in [5.41, 5.74) is 8.60. The lowest BCUT2D eigenvalue weighted by molar-refractivity contribution is 0.0879. The number of carbonyl (C=O) groups excluding carboxylic acids is 3. The maximum Gasteiger partial charge on any atom is 0.262 e. The molecule has 5 N–H and O–H groups in total. The molecule has 2 heterocycles. The number of benzene rings is 1. The summed E-state index contributed by atoms with van der Waals surface area (Å²) in [6.07, 6.45) is 0. The van der Waals surface area contributed by atoms with E-state index in [0.29, 0.717) is 4.57 Å². The largest absolute Gasteiger partial charge is 0.493 e. The molecule has 0 saturated heterocycles. The van der Waals surface area contributed by atoms with Crippen molar-refractivity contribution >= 4 is 23.5 Å². The SMILES string of the molecule is COc1cc(C(N)=O)c(-n2c(N)c3c(cc2=O)C(=O)NC3=O)c(F)c1OC. The number of pyridine rings is 1. The molecule has 10 nitrogen and oxygen atoms in total. The Bertz CT molecular complexity index is 1090. The number of aromatic nitrogens is 1. The van der Waals surface area contributed by atoms with Gasteiger partial charge < -0.3 is 20.9 Å². The van der Waals surface area contributed by atoms with E-state index in [1.54, 1.807) is 0 Å². The molecule has 1 aromatic heterocycles. The minimum absolute atomic E-state index is 0.145. The summed E-state index contributed by atoms with van der Waals surface area (Å²) < 4.78 is 25.6. The average molecular weight is 376 g/mol. The number of nitrogens with zero attached hydrogens (tertiary/aromatic N) is 1. The number of carbonyl (C=O) groups is 3. The Kier molecular flexibility index (Phi) is 4.06. The van der Waals surface area contributed by atoms with Crippen LogP contribution in [0.25, 0.3) is 5.69 Å². The molecule has 1 aliphatic rings. The summed E-state index contributed by atoms with van der Waals surface area (Å²) in [7, 11) is 2.36. The van der Waals surface area contributed by atoms with Crippen LogP contribution in [0.2, 0.25) is 0 Å². The fraction of sp³-hybridized carbons (Fsp3) is 0.125. The topological polar surface area (TPSA) is 156 Å². The lowest BCUT2D eigenvalue weighted by Gasteiger charge is -2.18. The smallest absolute Gasteiger partial charge is 0.262 e. The molecule has 11 heteroatoms. The van der Waals surface area contributed by atoms with Gasteiger partial charge in [0.05, 0.1) is 30.9 Å². The van der Waals surface area contributed by atoms with Crippen LogP contribution in [-0.2, 0) is 0 Å². The molecule has 140 valence electrons. The van der Waals surface area contributed by atoms with Crippen molar-refractivity contribution in [1.29, 1.82) is 0 Å². The molecule has 1 aliphatic heterocycles. The van der Waals surface area contributed by atoms with E-state index in [1.807, 2.05) is 5.32 Å². The number of ether oxygens (including phenoxy) is 2. The second kappa shape index (κ2) is 6.12. The predicted octanol–water partition coefficient (Wildman–Crippen LogP) is -0.441. The Labute approximate surface area is 150 Å². The molecule has 0 bridgehead atoms. The van der Waals surface area contributed by atoms with Gasteiger partial charge in [-0.2, -0.15) is 0 Å². The van der Waals surface area contributed by atoms with E-state index >= 15 is 4.39 Å². The van der Waals surface area contributed by atoms with Gasteiger partial charge in [0.1, 0.15) is 11.5 Å². The molecule has 1 aromatic carbocycles. The summed E-state index contributed by atoms with van der Waals surface area (Å²) in [5.74, 6) is -5.01. The normalized spacial score (nSPS) is 12.6. The van der Waals surface area contributed by atoms with Crippen LogP contribution in [0.15, 0.2) is 16.9 Å². The molecule has 0 saturated carbocycles. The lowest BCUT2D eigenvalue weighted by Crippen LogP contribution is -2.28. The molecule has 3 amide bonds. The Morgan fingerprint density at radius 3 is 2.37 bits per heavy atom. The minimum atomic E-state index is -1.16. The zero-order valence-electron chi connectivity index (χ0n) is 14.1. The van der Waals surface area contributed by atoms with Gasteiger partial charge in [-0.3, -0.25) is 29.1 Å². The van der Waals surface area contributed by atoms with Gasteiger partial charge in [0, 0.05) is 6.07 Å². The highest BCUT2D eigenvalue weighted by Crippen LogP contribution is 2.37. The Balaban J connectivity index is 2.48. The molecular weight excluding hydrogens is 363 g/mol. The van der Waals surface area contributed by atoms with Crippen molar-refractivity contribution in [1.82, 2.24) is 9.88 Å². The third kappa shape index (κ3) is 2.47. The van der Waals surface area contributed by atoms with Gasteiger partial charge in [0.2, 0.25) is 0 Å². The molecule has 0 atom stereocenters. The number of nitrogens with one attached hydrogen (secondary N) is 1. The van der Waals surface area contributed by atoms with Crippen molar-refractivity contribution in [3.63, 3.8) is 0 Å². The van der Waals surface area contributed by atoms with Crippen LogP contribution in [-0.4, -0.2) is 36.5 Å². The number of nitrogen functional groups attached to an aromatic ring is 1. The molecule has 27 heavy (non-hydrogen) atoms. The van der Waals surface area contributed by atoms with Gasteiger partial charge in [-0.25, -0.2) is 4.39 Å². The van der Waals surface area contributed by atoms with Crippen LogP contribution in [0.5, 0.6) is 11.5 Å². The van der Waals surface area contributed by atoms with Crippen LogP contribution >= 0.6 is 0 Å². The van der Waals surface area contributed by atoms with Crippen molar-refractivity contribution in [2.45, 2.75) is 0 Å². The highest BCUT2D eigenvalue weighted by Gasteiger charge is 2.34. The second-order valence-corrected chi connectivity index (χ2v) is 5.46. The third-order valence-electron chi connectivity index (χ3n) is 4.03. The van der Waals surface area contributed by atoms with E-state index in [9.17, 15) is 19.2 Å². The first-order chi connectivity index (χ1) is 12.7. The molecule has 0 unspecified atom stereocenters. The van der Waals surface area contributed by atoms with E-state index in [1.165, 1.54) is 7.11 Å². The summed E-state index contributed by atoms with van der Waals surface area (Å²) in [6, 6.07) is 1.89. The van der Waals surface area contributed by atoms with Gasteiger partial charge >= 0.3 is 0 Å². The maximum absolute atomic E-state index is 15.1. The number of amides is 3. The van der Waals surface area contributed by atoms with Crippen LogP contribution in [0, 0.1) is 5.82 Å². The summed E-state index contributed by atoms with van der Waals surface area (Å²) in [4.78, 5) is 48.1. The number of hydrogen-bond donors (Lipinski definition) is 3. The monoisotopic (exact) mass is 376 g/mol. The molecule has 2 aromatic rings. The number of rotatable bonds is 4. The summed E-state index contributed by atoms with van der Waals surface area (Å²) in [6.45, 7) is 0. The zero-order chi connectivity index (χ0) is 20.0. The molecule has 0 radical (unpaired) electrons. The van der Waals surface area contributed by atoms with Crippen LogP contribution in [0.3, 0.4) is 0 Å². The lowest BCUT2D eigenvalue weighted by atomic mass is 10.1. The number of anilines is 1. The number of hydrogen-bond acceptors (Lipinski definition) is 7. The van der Waals surface area contributed by atoms with Crippen LogP contribution < -0.4 is 31.8 Å². The van der Waals surface area contributed by atoms with Crippen molar-refractivity contribution in [3.8, 4) is 17.2 Å². The molecular formula is C16H13FN4O6. The fourth-order valence-electron chi connectivity index (χ4n) is 2.86. The first-order valence-electron chi connectivity index (χ1n) is 7.38. The Hall–Kier alpha value is -3.89. The van der Waals surface area contributed by atoms with E-state index in [4.69, 9.17) is 20.9 Å². The number of primary amides is 1. The van der Waals surface area contributed by atoms with E-state index in [2.05, 4.69) is 0 Å². The quantitative estimate of drug-likeness (QED) is 0.611. The predicted molar refractivity (Wildman–Crippen MR) is 89.8 cm³/mol. The third-order valence-corrected chi connectivity index (χ3v) is 4.03. The molecule has 3 rings (SSSR count). The number of halogens is 1. The Morgan fingerprint density at radius 1 is 1.15 bits per heavy atom. The number of nitrogens with two attached hydrogens (primary N) is 2. The number of methoxy groups -OCH3 is 2. The highest BCUT2D eigenvalue weighted by atomic mass is 19.1. The molecule has 0 fully saturated rings. The first kappa shape index (κ1) is 17.9. The summed E-state index contributed by atoms with van der Waals surface area (Å²) >= 11 is 0. The van der Waals surface area contributed by atoms with Gasteiger partial charge in [-0.1, -0.05) is 0 Å². The second-order valence-electron chi connectivity index (χ2n) is 5.46. The van der Waals surface area contributed by atoms with Crippen molar-refractivity contribution in [2.75, 3.05) is 20.0 Å². The summed E-state index contributed by atoms with van der Waals surface area (Å²) in [5, 5.41) is 1.98. The maximum atomic E-state index is 15.1. The minimum Gasteiger partial charge on any atom is -0.493 e. The Morgan fingerprint density at radius 2 is 1.81 bits per heavy atom. The van der Waals surface area contributed by atoms with Gasteiger partial charge in [-0.15, -0.1) is 0 Å². The molecule has 0 spiro atoms. The van der Waals surface area contributed by atoms with Gasteiger partial charge in [0.15, 0.2) is 17.3 Å². The van der Waals surface area contributed by atoms with E-state index in [-0.39, 0.29) is 16.9 Å². The van der Waals surface area contributed by atoms with Crippen molar-refractivity contribution in [3.05, 3.63) is 45.0 Å². The standard InChI is InChI=1S/C16H13FN4O6/c1-26-7-3-6(14(19)23)11(10(17)12(7)27-2)21-8(22)4-5-9(13(21)18)16(25)20-15(5)24/h3-4H,18H2,1-2H3,(H2,19,23)(H,20,24,25). The average Bonchev–Trinajstić information content (AvgIpc) is 2.89. The van der Waals surface area contributed by atoms with Gasteiger partial charge in [0.25, 0.3) is 23.3 Å².